The van der Waals surface area contributed by atoms with E-state index in [4.69, 9.17) is 4.74 Å². The Bertz CT molecular complexity index is 1070. The zero-order valence-corrected chi connectivity index (χ0v) is 16.5. The van der Waals surface area contributed by atoms with Crippen LogP contribution in [0.5, 0.6) is 0 Å². The van der Waals surface area contributed by atoms with E-state index in [9.17, 15) is 22.4 Å². The molecule has 1 aliphatic heterocycles. The lowest BCUT2D eigenvalue weighted by molar-refractivity contribution is -0.0523. The van der Waals surface area contributed by atoms with Crippen molar-refractivity contribution in [2.45, 2.75) is 17.4 Å². The molecule has 2 aromatic carbocycles. The van der Waals surface area contributed by atoms with Crippen molar-refractivity contribution in [3.05, 3.63) is 59.4 Å². The summed E-state index contributed by atoms with van der Waals surface area (Å²) < 4.78 is 51.7. The van der Waals surface area contributed by atoms with Crippen LogP contribution in [0.2, 0.25) is 0 Å². The van der Waals surface area contributed by atoms with Crippen LogP contribution in [0.3, 0.4) is 0 Å². The Morgan fingerprint density at radius 1 is 1.17 bits per heavy atom. The second-order valence-electron chi connectivity index (χ2n) is 6.80. The first-order valence-electron chi connectivity index (χ1n) is 8.55. The van der Waals surface area contributed by atoms with Gasteiger partial charge in [-0.2, -0.15) is 0 Å². The monoisotopic (exact) mass is 422 g/mol. The van der Waals surface area contributed by atoms with E-state index >= 15 is 0 Å². The Balaban J connectivity index is 1.83. The second-order valence-corrected chi connectivity index (χ2v) is 8.48. The molecule has 0 radical (unpaired) electrons. The molecule has 0 spiro atoms. The molecule has 1 heterocycles. The fourth-order valence-corrected chi connectivity index (χ4v) is 4.17. The normalized spacial score (nSPS) is 15.3. The van der Waals surface area contributed by atoms with E-state index in [1.807, 2.05) is 0 Å². The number of benzene rings is 2. The Morgan fingerprint density at radius 3 is 2.48 bits per heavy atom. The van der Waals surface area contributed by atoms with Crippen LogP contribution < -0.4 is 10.0 Å². The van der Waals surface area contributed by atoms with Crippen molar-refractivity contribution in [3.63, 3.8) is 0 Å². The molecule has 2 aromatic rings. The van der Waals surface area contributed by atoms with Crippen LogP contribution in [-0.2, 0) is 19.5 Å². The molecule has 0 bridgehead atoms. The first-order valence-corrected chi connectivity index (χ1v) is 10.0. The Kier molecular flexibility index (Phi) is 5.69. The van der Waals surface area contributed by atoms with Gasteiger partial charge in [0.25, 0.3) is 5.91 Å². The van der Waals surface area contributed by atoms with Crippen LogP contribution in [-0.4, -0.2) is 46.2 Å². The fourth-order valence-electron chi connectivity index (χ4n) is 2.75. The van der Waals surface area contributed by atoms with Crippen LogP contribution in [0.25, 0.3) is 0 Å². The third-order valence-corrected chi connectivity index (χ3v) is 5.92. The molecule has 3 rings (SSSR count). The lowest BCUT2D eigenvalue weighted by Crippen LogP contribution is -2.59. The van der Waals surface area contributed by atoms with Gasteiger partial charge < -0.3 is 14.8 Å². The van der Waals surface area contributed by atoms with Crippen LogP contribution in [0, 0.1) is 5.82 Å². The number of carbonyl (C=O) groups is 2. The van der Waals surface area contributed by atoms with Gasteiger partial charge in [-0.3, -0.25) is 4.79 Å². The number of amides is 1. The summed E-state index contributed by atoms with van der Waals surface area (Å²) in [6, 6.07) is 9.22. The fraction of sp³-hybridized carbons (Fsp3) is 0.263. The zero-order chi connectivity index (χ0) is 21.2. The van der Waals surface area contributed by atoms with E-state index in [0.717, 1.165) is 7.11 Å². The summed E-state index contributed by atoms with van der Waals surface area (Å²) in [5, 5.41) is 2.34. The van der Waals surface area contributed by atoms with Gasteiger partial charge in [0.1, 0.15) is 0 Å². The SMILES string of the molecule is COC(=O)c1cccc(NC(=O)c2cccc(S(=O)(=O)NC3(C)COC3)c2)c1F. The minimum Gasteiger partial charge on any atom is -0.465 e. The summed E-state index contributed by atoms with van der Waals surface area (Å²) in [6.45, 7) is 2.21. The number of halogens is 1. The van der Waals surface area contributed by atoms with Crippen molar-refractivity contribution in [3.8, 4) is 0 Å². The zero-order valence-electron chi connectivity index (χ0n) is 15.7. The highest BCUT2D eigenvalue weighted by Gasteiger charge is 2.37. The summed E-state index contributed by atoms with van der Waals surface area (Å²) >= 11 is 0. The minimum atomic E-state index is -3.88. The number of anilines is 1. The van der Waals surface area contributed by atoms with Crippen molar-refractivity contribution in [1.82, 2.24) is 4.72 Å². The van der Waals surface area contributed by atoms with Gasteiger partial charge in [-0.05, 0) is 37.3 Å². The molecule has 2 N–H and O–H groups in total. The molecule has 0 atom stereocenters. The summed E-state index contributed by atoms with van der Waals surface area (Å²) in [5.74, 6) is -2.57. The van der Waals surface area contributed by atoms with Crippen molar-refractivity contribution in [2.24, 2.45) is 0 Å². The smallest absolute Gasteiger partial charge is 0.340 e. The Hall–Kier alpha value is -2.82. The van der Waals surface area contributed by atoms with Gasteiger partial charge in [0.15, 0.2) is 5.82 Å². The van der Waals surface area contributed by atoms with Gasteiger partial charge in [0.05, 0.1) is 42.0 Å². The highest BCUT2D eigenvalue weighted by Crippen LogP contribution is 2.22. The van der Waals surface area contributed by atoms with E-state index in [0.29, 0.717) is 0 Å². The molecule has 10 heteroatoms. The molecule has 29 heavy (non-hydrogen) atoms. The van der Waals surface area contributed by atoms with Gasteiger partial charge >= 0.3 is 5.97 Å². The molecule has 154 valence electrons. The van der Waals surface area contributed by atoms with Gasteiger partial charge in [-0.15, -0.1) is 0 Å². The number of hydrogen-bond acceptors (Lipinski definition) is 6. The molecule has 1 amide bonds. The molecular formula is C19H19FN2O6S. The molecule has 8 nitrogen and oxygen atoms in total. The average molecular weight is 422 g/mol. The van der Waals surface area contributed by atoms with Crippen molar-refractivity contribution in [2.75, 3.05) is 25.6 Å². The largest absolute Gasteiger partial charge is 0.465 e. The molecule has 0 saturated carbocycles. The maximum absolute atomic E-state index is 14.5. The Morgan fingerprint density at radius 2 is 1.86 bits per heavy atom. The van der Waals surface area contributed by atoms with E-state index in [-0.39, 0.29) is 34.9 Å². The highest BCUT2D eigenvalue weighted by atomic mass is 32.2. The van der Waals surface area contributed by atoms with Gasteiger partial charge in [-0.25, -0.2) is 22.3 Å². The lowest BCUT2D eigenvalue weighted by atomic mass is 10.0. The molecule has 1 saturated heterocycles. The van der Waals surface area contributed by atoms with E-state index in [1.165, 1.54) is 42.5 Å². The van der Waals surface area contributed by atoms with Crippen LogP contribution in [0.4, 0.5) is 10.1 Å². The number of sulfonamides is 1. The molecule has 0 aliphatic carbocycles. The number of carbonyl (C=O) groups excluding carboxylic acids is 2. The maximum atomic E-state index is 14.5. The third-order valence-electron chi connectivity index (χ3n) is 4.28. The number of esters is 1. The number of hydrogen-bond donors (Lipinski definition) is 2. The average Bonchev–Trinajstić information content (AvgIpc) is 2.67. The predicted molar refractivity (Wildman–Crippen MR) is 102 cm³/mol. The summed E-state index contributed by atoms with van der Waals surface area (Å²) in [6.07, 6.45) is 0. The first-order chi connectivity index (χ1) is 13.6. The van der Waals surface area contributed by atoms with Crippen LogP contribution in [0.1, 0.15) is 27.6 Å². The molecular weight excluding hydrogens is 403 g/mol. The van der Waals surface area contributed by atoms with Crippen LogP contribution >= 0.6 is 0 Å². The maximum Gasteiger partial charge on any atom is 0.340 e. The van der Waals surface area contributed by atoms with E-state index in [1.54, 1.807) is 6.92 Å². The number of methoxy groups -OCH3 is 1. The van der Waals surface area contributed by atoms with Crippen molar-refractivity contribution >= 4 is 27.6 Å². The molecule has 1 fully saturated rings. The lowest BCUT2D eigenvalue weighted by Gasteiger charge is -2.38. The quantitative estimate of drug-likeness (QED) is 0.689. The first kappa shape index (κ1) is 20.9. The number of nitrogens with one attached hydrogen (secondary N) is 2. The topological polar surface area (TPSA) is 111 Å². The summed E-state index contributed by atoms with van der Waals surface area (Å²) in [5.41, 5.74) is -1.26. The van der Waals surface area contributed by atoms with E-state index < -0.39 is 33.3 Å². The van der Waals surface area contributed by atoms with E-state index in [2.05, 4.69) is 14.8 Å². The molecule has 0 unspecified atom stereocenters. The highest BCUT2D eigenvalue weighted by molar-refractivity contribution is 7.89. The van der Waals surface area contributed by atoms with Crippen molar-refractivity contribution < 1.29 is 31.9 Å². The third kappa shape index (κ3) is 4.44. The standard InChI is InChI=1S/C19H19FN2O6S/c1-19(10-28-11-19)22-29(25,26)13-6-3-5-12(9-13)17(23)21-15-8-4-7-14(16(15)20)18(24)27-2/h3-9,22H,10-11H2,1-2H3,(H,21,23). The van der Waals surface area contributed by atoms with Crippen LogP contribution in [0.15, 0.2) is 47.4 Å². The minimum absolute atomic E-state index is 0.00533. The summed E-state index contributed by atoms with van der Waals surface area (Å²) in [4.78, 5) is 24.0. The van der Waals surface area contributed by atoms with Gasteiger partial charge in [0, 0.05) is 5.56 Å². The predicted octanol–water partition coefficient (Wildman–Crippen LogP) is 1.93. The summed E-state index contributed by atoms with van der Waals surface area (Å²) in [7, 11) is -2.77. The Labute approximate surface area is 167 Å². The van der Waals surface area contributed by atoms with Gasteiger partial charge in [0.2, 0.25) is 10.0 Å². The van der Waals surface area contributed by atoms with Crippen molar-refractivity contribution in [1.29, 1.82) is 0 Å². The molecule has 0 aromatic heterocycles. The number of rotatable bonds is 6. The van der Waals surface area contributed by atoms with Gasteiger partial charge in [-0.1, -0.05) is 12.1 Å². The number of ether oxygens (including phenoxy) is 2. The molecule has 1 aliphatic rings. The second kappa shape index (κ2) is 7.90.